The van der Waals surface area contributed by atoms with Gasteiger partial charge in [-0.05, 0) is 61.8 Å². The van der Waals surface area contributed by atoms with E-state index in [1.807, 2.05) is 18.2 Å². The van der Waals surface area contributed by atoms with E-state index >= 15 is 0 Å². The standard InChI is InChI=1S/C23H21F4N3O/c1-14-28-12-18-20(10-9-19(24)21(18)30-14)29-13-22(31,23(25,26)27)11-16-7-4-6-15-5-2-3-8-17(15)16/h2-3,5,8-10,12-13,16,31H,4,6-7,11H2,1H3/b29-13+. The van der Waals surface area contributed by atoms with Crippen molar-refractivity contribution in [3.05, 3.63) is 65.4 Å². The Morgan fingerprint density at radius 2 is 1.97 bits per heavy atom. The lowest BCUT2D eigenvalue weighted by atomic mass is 9.77. The summed E-state index contributed by atoms with van der Waals surface area (Å²) in [5, 5.41) is 10.9. The Balaban J connectivity index is 1.71. The van der Waals surface area contributed by atoms with Gasteiger partial charge in [-0.25, -0.2) is 14.4 Å². The minimum atomic E-state index is -4.92. The maximum Gasteiger partial charge on any atom is 0.422 e. The van der Waals surface area contributed by atoms with Crippen LogP contribution in [0, 0.1) is 12.7 Å². The number of rotatable bonds is 4. The molecule has 0 saturated heterocycles. The van der Waals surface area contributed by atoms with E-state index in [4.69, 9.17) is 0 Å². The molecule has 0 radical (unpaired) electrons. The van der Waals surface area contributed by atoms with Crippen LogP contribution in [0.15, 0.2) is 47.6 Å². The van der Waals surface area contributed by atoms with E-state index in [0.717, 1.165) is 30.0 Å². The molecule has 8 heteroatoms. The molecule has 1 N–H and O–H groups in total. The lowest BCUT2D eigenvalue weighted by Gasteiger charge is -2.33. The molecule has 4 rings (SSSR count). The van der Waals surface area contributed by atoms with Crippen LogP contribution in [0.2, 0.25) is 0 Å². The highest BCUT2D eigenvalue weighted by Crippen LogP contribution is 2.42. The molecule has 0 spiro atoms. The highest BCUT2D eigenvalue weighted by atomic mass is 19.4. The number of aryl methyl sites for hydroxylation is 2. The van der Waals surface area contributed by atoms with Crippen LogP contribution < -0.4 is 0 Å². The van der Waals surface area contributed by atoms with Crippen molar-refractivity contribution in [2.24, 2.45) is 4.99 Å². The van der Waals surface area contributed by atoms with Gasteiger partial charge in [0.05, 0.1) is 5.69 Å². The van der Waals surface area contributed by atoms with Gasteiger partial charge in [-0.2, -0.15) is 13.2 Å². The molecule has 31 heavy (non-hydrogen) atoms. The Bertz CT molecular complexity index is 1150. The molecule has 0 bridgehead atoms. The van der Waals surface area contributed by atoms with Gasteiger partial charge in [0.15, 0.2) is 5.60 Å². The molecule has 1 aliphatic rings. The summed E-state index contributed by atoms with van der Waals surface area (Å²) in [7, 11) is 0. The van der Waals surface area contributed by atoms with Gasteiger partial charge in [0, 0.05) is 17.8 Å². The van der Waals surface area contributed by atoms with Gasteiger partial charge in [0.2, 0.25) is 0 Å². The van der Waals surface area contributed by atoms with Crippen LogP contribution in [0.4, 0.5) is 23.2 Å². The smallest absolute Gasteiger partial charge is 0.376 e. The zero-order valence-corrected chi connectivity index (χ0v) is 16.8. The molecule has 1 heterocycles. The van der Waals surface area contributed by atoms with Gasteiger partial charge >= 0.3 is 6.18 Å². The van der Waals surface area contributed by atoms with Crippen molar-refractivity contribution in [1.82, 2.24) is 9.97 Å². The van der Waals surface area contributed by atoms with Crippen molar-refractivity contribution >= 4 is 22.8 Å². The summed E-state index contributed by atoms with van der Waals surface area (Å²) in [6, 6.07) is 9.73. The fourth-order valence-corrected chi connectivity index (χ4v) is 4.13. The van der Waals surface area contributed by atoms with Crippen molar-refractivity contribution in [2.45, 2.75) is 50.3 Å². The van der Waals surface area contributed by atoms with Crippen molar-refractivity contribution in [1.29, 1.82) is 0 Å². The molecule has 2 unspecified atom stereocenters. The largest absolute Gasteiger partial charge is 0.422 e. The molecule has 0 amide bonds. The van der Waals surface area contributed by atoms with E-state index in [2.05, 4.69) is 15.0 Å². The molecule has 0 aliphatic heterocycles. The van der Waals surface area contributed by atoms with E-state index in [-0.39, 0.29) is 16.6 Å². The molecule has 3 aromatic rings. The first-order chi connectivity index (χ1) is 14.7. The Morgan fingerprint density at radius 1 is 1.19 bits per heavy atom. The van der Waals surface area contributed by atoms with E-state index in [9.17, 15) is 22.7 Å². The van der Waals surface area contributed by atoms with Crippen LogP contribution in [-0.2, 0) is 6.42 Å². The summed E-state index contributed by atoms with van der Waals surface area (Å²) in [4.78, 5) is 11.9. The molecule has 1 aliphatic carbocycles. The fourth-order valence-electron chi connectivity index (χ4n) is 4.13. The van der Waals surface area contributed by atoms with Crippen LogP contribution in [0.3, 0.4) is 0 Å². The number of aliphatic imine (C=N–C) groups is 1. The predicted octanol–water partition coefficient (Wildman–Crippen LogP) is 5.58. The van der Waals surface area contributed by atoms with Gasteiger partial charge in [0.1, 0.15) is 17.2 Å². The van der Waals surface area contributed by atoms with Gasteiger partial charge < -0.3 is 5.11 Å². The molecule has 0 saturated carbocycles. The molecule has 0 fully saturated rings. The number of halogens is 4. The Kier molecular flexibility index (Phi) is 5.51. The fraction of sp³-hybridized carbons (Fsp3) is 0.348. The Labute approximate surface area is 176 Å². The van der Waals surface area contributed by atoms with Crippen LogP contribution >= 0.6 is 0 Å². The second-order valence-corrected chi connectivity index (χ2v) is 7.92. The second-order valence-electron chi connectivity index (χ2n) is 7.92. The number of nitrogens with zero attached hydrogens (tertiary/aromatic N) is 3. The normalized spacial score (nSPS) is 18.8. The van der Waals surface area contributed by atoms with E-state index in [0.29, 0.717) is 18.5 Å². The molecular formula is C23H21F4N3O. The van der Waals surface area contributed by atoms with E-state index in [1.165, 1.54) is 12.3 Å². The zero-order valence-electron chi connectivity index (χ0n) is 16.8. The van der Waals surface area contributed by atoms with Gasteiger partial charge in [0.25, 0.3) is 0 Å². The first kappa shape index (κ1) is 21.4. The van der Waals surface area contributed by atoms with Gasteiger partial charge in [-0.15, -0.1) is 0 Å². The average molecular weight is 431 g/mol. The number of hydrogen-bond donors (Lipinski definition) is 1. The van der Waals surface area contributed by atoms with Crippen LogP contribution in [0.1, 0.15) is 42.1 Å². The minimum Gasteiger partial charge on any atom is -0.376 e. The van der Waals surface area contributed by atoms with Crippen LogP contribution in [-0.4, -0.2) is 33.1 Å². The monoisotopic (exact) mass is 431 g/mol. The van der Waals surface area contributed by atoms with Crippen LogP contribution in [0.5, 0.6) is 0 Å². The van der Waals surface area contributed by atoms with E-state index in [1.54, 1.807) is 13.0 Å². The number of hydrogen-bond acceptors (Lipinski definition) is 4. The Hall–Kier alpha value is -2.87. The van der Waals surface area contributed by atoms with Crippen LogP contribution in [0.25, 0.3) is 10.9 Å². The Morgan fingerprint density at radius 3 is 2.74 bits per heavy atom. The van der Waals surface area contributed by atoms with Gasteiger partial charge in [-0.3, -0.25) is 4.99 Å². The van der Waals surface area contributed by atoms with Gasteiger partial charge in [-0.1, -0.05) is 24.3 Å². The molecule has 162 valence electrons. The third-order valence-corrected chi connectivity index (χ3v) is 5.76. The number of aliphatic hydroxyl groups is 1. The SMILES string of the molecule is Cc1ncc2c(/N=C/C(O)(CC3CCCc4ccccc43)C(F)(F)F)ccc(F)c2n1. The zero-order chi connectivity index (χ0) is 22.2. The summed E-state index contributed by atoms with van der Waals surface area (Å²) in [5.74, 6) is -0.737. The highest BCUT2D eigenvalue weighted by Gasteiger charge is 2.54. The summed E-state index contributed by atoms with van der Waals surface area (Å²) in [5.41, 5.74) is -1.26. The number of alkyl halides is 3. The lowest BCUT2D eigenvalue weighted by Crippen LogP contribution is -2.48. The highest BCUT2D eigenvalue weighted by molar-refractivity contribution is 5.91. The number of fused-ring (bicyclic) bond motifs is 2. The number of aromatic nitrogens is 2. The van der Waals surface area contributed by atoms with Crippen molar-refractivity contribution in [3.8, 4) is 0 Å². The van der Waals surface area contributed by atoms with E-state index < -0.39 is 29.9 Å². The average Bonchev–Trinajstić information content (AvgIpc) is 2.73. The summed E-state index contributed by atoms with van der Waals surface area (Å²) >= 11 is 0. The topological polar surface area (TPSA) is 58.4 Å². The van der Waals surface area contributed by atoms with Crippen molar-refractivity contribution in [3.63, 3.8) is 0 Å². The third-order valence-electron chi connectivity index (χ3n) is 5.76. The molecule has 1 aromatic heterocycles. The quantitative estimate of drug-likeness (QED) is 0.433. The van der Waals surface area contributed by atoms with Crippen molar-refractivity contribution in [2.75, 3.05) is 0 Å². The first-order valence-corrected chi connectivity index (χ1v) is 10.0. The molecule has 4 nitrogen and oxygen atoms in total. The third kappa shape index (κ3) is 4.17. The maximum atomic E-state index is 14.1. The number of benzene rings is 2. The summed E-state index contributed by atoms with van der Waals surface area (Å²) in [6.45, 7) is 1.58. The lowest BCUT2D eigenvalue weighted by molar-refractivity contribution is -0.232. The first-order valence-electron chi connectivity index (χ1n) is 10.0. The van der Waals surface area contributed by atoms with Crippen molar-refractivity contribution < 1.29 is 22.7 Å². The minimum absolute atomic E-state index is 0.0288. The molecule has 2 aromatic carbocycles. The maximum absolute atomic E-state index is 14.1. The molecular weight excluding hydrogens is 410 g/mol. The summed E-state index contributed by atoms with van der Waals surface area (Å²) < 4.78 is 55.9. The predicted molar refractivity (Wildman–Crippen MR) is 110 cm³/mol. The second kappa shape index (κ2) is 8.00. The molecule has 2 atom stereocenters. The summed E-state index contributed by atoms with van der Waals surface area (Å²) in [6.07, 6.45) is -1.50.